The number of halogens is 1. The largest absolute Gasteiger partial charge is 0.493 e. The smallest absolute Gasteiger partial charge is 0.244 e. The number of carbonyl (C=O) groups excluding carboxylic acids is 1. The molecule has 0 aliphatic rings. The van der Waals surface area contributed by atoms with Gasteiger partial charge in [0.25, 0.3) is 0 Å². The van der Waals surface area contributed by atoms with Gasteiger partial charge in [0.1, 0.15) is 0 Å². The van der Waals surface area contributed by atoms with Crippen LogP contribution in [0.2, 0.25) is 5.02 Å². The Morgan fingerprint density at radius 3 is 2.55 bits per heavy atom. The van der Waals surface area contributed by atoms with E-state index in [0.717, 1.165) is 5.56 Å². The van der Waals surface area contributed by atoms with Crippen molar-refractivity contribution in [3.05, 3.63) is 28.8 Å². The number of nitrogens with one attached hydrogen (secondary N) is 1. The van der Waals surface area contributed by atoms with Crippen molar-refractivity contribution >= 4 is 23.6 Å². The number of carbonyl (C=O) groups is 1. The van der Waals surface area contributed by atoms with E-state index in [2.05, 4.69) is 5.32 Å². The maximum Gasteiger partial charge on any atom is 0.244 e. The Balaban J connectivity index is 2.88. The topological polar surface area (TPSA) is 47.6 Å². The van der Waals surface area contributed by atoms with Gasteiger partial charge in [0, 0.05) is 12.6 Å². The molecule has 0 unspecified atom stereocenters. The summed E-state index contributed by atoms with van der Waals surface area (Å²) < 4.78 is 11.0. The van der Waals surface area contributed by atoms with Crippen molar-refractivity contribution in [2.45, 2.75) is 33.8 Å². The zero-order valence-corrected chi connectivity index (χ0v) is 14.5. The van der Waals surface area contributed by atoms with Crippen LogP contribution in [-0.2, 0) is 4.79 Å². The second kappa shape index (κ2) is 8.69. The van der Waals surface area contributed by atoms with Crippen molar-refractivity contribution < 1.29 is 14.3 Å². The van der Waals surface area contributed by atoms with Gasteiger partial charge in [0.2, 0.25) is 5.91 Å². The predicted molar refractivity (Wildman–Crippen MR) is 90.6 cm³/mol. The molecule has 0 heterocycles. The predicted octanol–water partition coefficient (Wildman–Crippen LogP) is 3.92. The van der Waals surface area contributed by atoms with Crippen molar-refractivity contribution in [3.63, 3.8) is 0 Å². The zero-order chi connectivity index (χ0) is 16.7. The van der Waals surface area contributed by atoms with Gasteiger partial charge in [-0.25, -0.2) is 0 Å². The highest BCUT2D eigenvalue weighted by Gasteiger charge is 2.12. The molecule has 0 aliphatic heterocycles. The fraction of sp³-hybridized carbons (Fsp3) is 0.471. The van der Waals surface area contributed by atoms with E-state index in [1.165, 1.54) is 6.08 Å². The van der Waals surface area contributed by atoms with Gasteiger partial charge in [-0.1, -0.05) is 25.4 Å². The van der Waals surface area contributed by atoms with Crippen molar-refractivity contribution in [3.8, 4) is 11.5 Å². The summed E-state index contributed by atoms with van der Waals surface area (Å²) in [7, 11) is 1.56. The van der Waals surface area contributed by atoms with E-state index < -0.39 is 0 Å². The number of methoxy groups -OCH3 is 1. The minimum Gasteiger partial charge on any atom is -0.493 e. The molecule has 0 radical (unpaired) electrons. The van der Waals surface area contributed by atoms with Gasteiger partial charge in [0.15, 0.2) is 11.5 Å². The molecule has 0 saturated heterocycles. The van der Waals surface area contributed by atoms with Gasteiger partial charge < -0.3 is 14.8 Å². The molecule has 1 amide bonds. The van der Waals surface area contributed by atoms with E-state index >= 15 is 0 Å². The Kier molecular flexibility index (Phi) is 7.25. The molecule has 1 rings (SSSR count). The van der Waals surface area contributed by atoms with E-state index in [4.69, 9.17) is 21.1 Å². The van der Waals surface area contributed by atoms with Crippen molar-refractivity contribution in [1.82, 2.24) is 5.32 Å². The van der Waals surface area contributed by atoms with Gasteiger partial charge in [-0.05, 0) is 43.5 Å². The maximum atomic E-state index is 11.7. The van der Waals surface area contributed by atoms with Crippen LogP contribution in [0.15, 0.2) is 18.2 Å². The van der Waals surface area contributed by atoms with E-state index in [0.29, 0.717) is 29.0 Å². The molecule has 0 spiro atoms. The minimum atomic E-state index is -0.133. The van der Waals surface area contributed by atoms with Crippen molar-refractivity contribution in [2.24, 2.45) is 5.92 Å². The van der Waals surface area contributed by atoms with Gasteiger partial charge >= 0.3 is 0 Å². The molecule has 1 aromatic carbocycles. The first-order valence-electron chi connectivity index (χ1n) is 7.33. The van der Waals surface area contributed by atoms with Crippen LogP contribution in [0.25, 0.3) is 6.08 Å². The monoisotopic (exact) mass is 325 g/mol. The summed E-state index contributed by atoms with van der Waals surface area (Å²) in [6, 6.07) is 3.53. The first-order valence-corrected chi connectivity index (χ1v) is 7.71. The quantitative estimate of drug-likeness (QED) is 0.773. The standard InChI is InChI=1S/C17H24ClNO3/c1-11(2)10-19-16(20)7-6-13-8-14(18)17(22-12(3)4)15(9-13)21-5/h6-9,11-12H,10H2,1-5H3,(H,19,20)/b7-6+. The van der Waals surface area contributed by atoms with Crippen LogP contribution in [-0.4, -0.2) is 25.7 Å². The zero-order valence-electron chi connectivity index (χ0n) is 13.8. The Morgan fingerprint density at radius 2 is 2.00 bits per heavy atom. The van der Waals surface area contributed by atoms with Gasteiger partial charge in [-0.15, -0.1) is 0 Å². The number of ether oxygens (including phenoxy) is 2. The molecular formula is C17H24ClNO3. The Labute approximate surface area is 137 Å². The second-order valence-corrected chi connectivity index (χ2v) is 6.08. The minimum absolute atomic E-state index is 0.00500. The normalized spacial score (nSPS) is 11.3. The van der Waals surface area contributed by atoms with Crippen LogP contribution >= 0.6 is 11.6 Å². The molecule has 0 saturated carbocycles. The summed E-state index contributed by atoms with van der Waals surface area (Å²) in [5, 5.41) is 3.27. The second-order valence-electron chi connectivity index (χ2n) is 5.67. The lowest BCUT2D eigenvalue weighted by Crippen LogP contribution is -2.25. The van der Waals surface area contributed by atoms with E-state index in [1.807, 2.05) is 27.7 Å². The first kappa shape index (κ1) is 18.4. The van der Waals surface area contributed by atoms with Crippen LogP contribution < -0.4 is 14.8 Å². The lowest BCUT2D eigenvalue weighted by Gasteiger charge is -2.15. The van der Waals surface area contributed by atoms with Crippen LogP contribution in [0.5, 0.6) is 11.5 Å². The Bertz CT molecular complexity index is 539. The van der Waals surface area contributed by atoms with Crippen LogP contribution in [0.4, 0.5) is 0 Å². The molecule has 1 N–H and O–H groups in total. The molecule has 0 bridgehead atoms. The van der Waals surface area contributed by atoms with Crippen LogP contribution in [0.1, 0.15) is 33.3 Å². The molecule has 22 heavy (non-hydrogen) atoms. The van der Waals surface area contributed by atoms with Crippen LogP contribution in [0, 0.1) is 5.92 Å². The fourth-order valence-corrected chi connectivity index (χ4v) is 1.99. The summed E-state index contributed by atoms with van der Waals surface area (Å²) >= 11 is 6.24. The van der Waals surface area contributed by atoms with Crippen LogP contribution in [0.3, 0.4) is 0 Å². The Morgan fingerprint density at radius 1 is 1.32 bits per heavy atom. The molecule has 5 heteroatoms. The third-order valence-corrected chi connectivity index (χ3v) is 3.00. The number of hydrogen-bond donors (Lipinski definition) is 1. The summed E-state index contributed by atoms with van der Waals surface area (Å²) in [5.74, 6) is 1.34. The summed E-state index contributed by atoms with van der Waals surface area (Å²) in [6.07, 6.45) is 3.18. The van der Waals surface area contributed by atoms with Gasteiger partial charge in [-0.2, -0.15) is 0 Å². The highest BCUT2D eigenvalue weighted by atomic mass is 35.5. The molecule has 0 atom stereocenters. The summed E-state index contributed by atoms with van der Waals surface area (Å²) in [4.78, 5) is 11.7. The SMILES string of the molecule is COc1cc(/C=C/C(=O)NCC(C)C)cc(Cl)c1OC(C)C. The highest BCUT2D eigenvalue weighted by molar-refractivity contribution is 6.32. The molecule has 0 aliphatic carbocycles. The number of amides is 1. The molecule has 1 aromatic rings. The van der Waals surface area contributed by atoms with Gasteiger partial charge in [-0.3, -0.25) is 4.79 Å². The highest BCUT2D eigenvalue weighted by Crippen LogP contribution is 2.37. The van der Waals surface area contributed by atoms with E-state index in [1.54, 1.807) is 25.3 Å². The molecule has 4 nitrogen and oxygen atoms in total. The van der Waals surface area contributed by atoms with E-state index in [-0.39, 0.29) is 12.0 Å². The molecule has 0 aromatic heterocycles. The molecule has 122 valence electrons. The van der Waals surface area contributed by atoms with Crippen molar-refractivity contribution in [1.29, 1.82) is 0 Å². The van der Waals surface area contributed by atoms with Gasteiger partial charge in [0.05, 0.1) is 18.2 Å². The molecule has 0 fully saturated rings. The third-order valence-electron chi connectivity index (χ3n) is 2.72. The number of rotatable bonds is 7. The lowest BCUT2D eigenvalue weighted by atomic mass is 10.1. The fourth-order valence-electron chi connectivity index (χ4n) is 1.72. The lowest BCUT2D eigenvalue weighted by molar-refractivity contribution is -0.116. The van der Waals surface area contributed by atoms with Crippen molar-refractivity contribution in [2.75, 3.05) is 13.7 Å². The average Bonchev–Trinajstić information content (AvgIpc) is 2.44. The number of benzene rings is 1. The first-order chi connectivity index (χ1) is 10.3. The third kappa shape index (κ3) is 5.98. The maximum absolute atomic E-state index is 11.7. The average molecular weight is 326 g/mol. The molecular weight excluding hydrogens is 302 g/mol. The summed E-state index contributed by atoms with van der Waals surface area (Å²) in [5.41, 5.74) is 0.776. The number of hydrogen-bond acceptors (Lipinski definition) is 3. The Hall–Kier alpha value is -1.68. The van der Waals surface area contributed by atoms with E-state index in [9.17, 15) is 4.79 Å². The summed E-state index contributed by atoms with van der Waals surface area (Å²) in [6.45, 7) is 8.57.